The minimum Gasteiger partial charge on any atom is -0.394 e. The Labute approximate surface area is 101 Å². The zero-order valence-electron chi connectivity index (χ0n) is 10.6. The minimum atomic E-state index is -2.98. The van der Waals surface area contributed by atoms with Crippen molar-refractivity contribution >= 4 is 5.91 Å². The fraction of sp³-hybridized carbons (Fsp3) is 0.917. The van der Waals surface area contributed by atoms with Gasteiger partial charge in [0.2, 0.25) is 0 Å². The van der Waals surface area contributed by atoms with Gasteiger partial charge in [-0.2, -0.15) is 8.78 Å². The average molecular weight is 249 g/mol. The molecule has 1 saturated heterocycles. The number of rotatable bonds is 2. The monoisotopic (exact) mass is 249 g/mol. The van der Waals surface area contributed by atoms with Gasteiger partial charge in [0.05, 0.1) is 12.6 Å². The van der Waals surface area contributed by atoms with Crippen LogP contribution in [0.4, 0.5) is 8.78 Å². The summed E-state index contributed by atoms with van der Waals surface area (Å²) in [5.41, 5.74) is -0.0128. The number of aliphatic hydroxyl groups is 1. The highest BCUT2D eigenvalue weighted by molar-refractivity contribution is 5.79. The number of carbonyl (C=O) groups excluding carboxylic acids is 1. The number of carbonyl (C=O) groups is 1. The fourth-order valence-electron chi connectivity index (χ4n) is 2.32. The Kier molecular flexibility index (Phi) is 4.47. The van der Waals surface area contributed by atoms with Crippen LogP contribution in [0.5, 0.6) is 0 Å². The van der Waals surface area contributed by atoms with Crippen LogP contribution in [0.2, 0.25) is 0 Å². The van der Waals surface area contributed by atoms with Crippen LogP contribution < -0.4 is 0 Å². The molecule has 0 aliphatic carbocycles. The molecule has 0 saturated carbocycles. The zero-order chi connectivity index (χ0) is 13.2. The molecule has 17 heavy (non-hydrogen) atoms. The molecule has 3 nitrogen and oxygen atoms in total. The third-order valence-electron chi connectivity index (χ3n) is 3.61. The topological polar surface area (TPSA) is 40.5 Å². The maximum absolute atomic E-state index is 12.5. The van der Waals surface area contributed by atoms with Gasteiger partial charge in [-0.15, -0.1) is 0 Å². The van der Waals surface area contributed by atoms with Crippen LogP contribution in [-0.4, -0.2) is 41.5 Å². The molecule has 0 aromatic rings. The van der Waals surface area contributed by atoms with Crippen LogP contribution in [0.1, 0.15) is 33.6 Å². The van der Waals surface area contributed by atoms with Crippen LogP contribution in [0.25, 0.3) is 0 Å². The molecule has 100 valence electrons. The van der Waals surface area contributed by atoms with Gasteiger partial charge >= 0.3 is 6.43 Å². The van der Waals surface area contributed by atoms with Gasteiger partial charge in [0.15, 0.2) is 0 Å². The summed E-state index contributed by atoms with van der Waals surface area (Å²) in [7, 11) is 0. The first kappa shape index (κ1) is 14.4. The Morgan fingerprint density at radius 2 is 2.00 bits per heavy atom. The summed E-state index contributed by atoms with van der Waals surface area (Å²) in [6.45, 7) is 6.21. The molecule has 1 fully saturated rings. The van der Waals surface area contributed by atoms with E-state index in [0.717, 1.165) is 11.3 Å². The number of nitrogens with zero attached hydrogens (tertiary/aromatic N) is 1. The Bertz CT molecular complexity index is 276. The lowest BCUT2D eigenvalue weighted by atomic mass is 9.75. The van der Waals surface area contributed by atoms with E-state index >= 15 is 0 Å². The molecule has 2 atom stereocenters. The molecule has 0 radical (unpaired) electrons. The average Bonchev–Trinajstić information content (AvgIpc) is 2.25. The fourth-order valence-corrected chi connectivity index (χ4v) is 2.32. The van der Waals surface area contributed by atoms with Crippen molar-refractivity contribution in [1.82, 2.24) is 4.90 Å². The third kappa shape index (κ3) is 3.37. The molecule has 1 amide bonds. The standard InChI is InChI=1S/C12H21F2NO2/c1-12(2,3)8-4-5-9(7-16)15(6-8)11(17)10(13)14/h8-10,16H,4-7H2,1-3H3. The lowest BCUT2D eigenvalue weighted by Crippen LogP contribution is -2.52. The molecule has 1 aliphatic rings. The van der Waals surface area contributed by atoms with E-state index in [4.69, 9.17) is 5.11 Å². The molecule has 0 spiro atoms. The van der Waals surface area contributed by atoms with E-state index in [1.54, 1.807) is 0 Å². The predicted octanol–water partition coefficient (Wildman–Crippen LogP) is 1.90. The summed E-state index contributed by atoms with van der Waals surface area (Å²) in [5, 5.41) is 9.14. The first-order valence-electron chi connectivity index (χ1n) is 5.97. The number of halogens is 2. The van der Waals surface area contributed by atoms with Gasteiger partial charge in [-0.3, -0.25) is 4.79 Å². The molecular formula is C12H21F2NO2. The van der Waals surface area contributed by atoms with Crippen molar-refractivity contribution in [2.24, 2.45) is 11.3 Å². The van der Waals surface area contributed by atoms with Gasteiger partial charge in [-0.25, -0.2) is 0 Å². The Morgan fingerprint density at radius 1 is 1.41 bits per heavy atom. The van der Waals surface area contributed by atoms with Crippen molar-refractivity contribution in [2.45, 2.75) is 46.1 Å². The molecule has 2 unspecified atom stereocenters. The molecule has 1 rings (SSSR count). The first-order valence-corrected chi connectivity index (χ1v) is 5.97. The summed E-state index contributed by atoms with van der Waals surface area (Å²) >= 11 is 0. The molecule has 1 heterocycles. The van der Waals surface area contributed by atoms with Crippen LogP contribution in [0.15, 0.2) is 0 Å². The molecule has 1 N–H and O–H groups in total. The number of hydrogen-bond acceptors (Lipinski definition) is 2. The predicted molar refractivity (Wildman–Crippen MR) is 60.8 cm³/mol. The van der Waals surface area contributed by atoms with E-state index in [0.29, 0.717) is 13.0 Å². The molecular weight excluding hydrogens is 228 g/mol. The second-order valence-corrected chi connectivity index (χ2v) is 5.77. The van der Waals surface area contributed by atoms with Crippen molar-refractivity contribution in [3.8, 4) is 0 Å². The number of likely N-dealkylation sites (tertiary alicyclic amines) is 1. The maximum Gasteiger partial charge on any atom is 0.315 e. The third-order valence-corrected chi connectivity index (χ3v) is 3.61. The Hall–Kier alpha value is -0.710. The molecule has 5 heteroatoms. The summed E-state index contributed by atoms with van der Waals surface area (Å²) in [5.74, 6) is -0.953. The van der Waals surface area contributed by atoms with E-state index < -0.39 is 18.4 Å². The normalized spacial score (nSPS) is 26.4. The number of amides is 1. The largest absolute Gasteiger partial charge is 0.394 e. The molecule has 0 aromatic heterocycles. The second kappa shape index (κ2) is 5.29. The number of piperidine rings is 1. The van der Waals surface area contributed by atoms with Crippen molar-refractivity contribution in [1.29, 1.82) is 0 Å². The maximum atomic E-state index is 12.5. The van der Waals surface area contributed by atoms with Crippen LogP contribution in [0, 0.1) is 11.3 Å². The first-order chi connectivity index (χ1) is 7.77. The number of aliphatic hydroxyl groups excluding tert-OH is 1. The Balaban J connectivity index is 2.79. The summed E-state index contributed by atoms with van der Waals surface area (Å²) in [6.07, 6.45) is -1.53. The SMILES string of the molecule is CC(C)(C)C1CCC(CO)N(C(=O)C(F)F)C1. The van der Waals surface area contributed by atoms with Gasteiger partial charge in [-0.1, -0.05) is 20.8 Å². The number of alkyl halides is 2. The molecule has 0 bridgehead atoms. The zero-order valence-corrected chi connectivity index (χ0v) is 10.6. The van der Waals surface area contributed by atoms with Crippen LogP contribution >= 0.6 is 0 Å². The van der Waals surface area contributed by atoms with Crippen molar-refractivity contribution < 1.29 is 18.7 Å². The Morgan fingerprint density at radius 3 is 2.41 bits per heavy atom. The minimum absolute atomic E-state index is 0.0128. The van der Waals surface area contributed by atoms with Crippen molar-refractivity contribution in [2.75, 3.05) is 13.2 Å². The highest BCUT2D eigenvalue weighted by Crippen LogP contribution is 2.35. The van der Waals surface area contributed by atoms with Gasteiger partial charge in [-0.05, 0) is 24.2 Å². The second-order valence-electron chi connectivity index (χ2n) is 5.77. The lowest BCUT2D eigenvalue weighted by Gasteiger charge is -2.43. The van der Waals surface area contributed by atoms with E-state index in [-0.39, 0.29) is 17.9 Å². The van der Waals surface area contributed by atoms with Gasteiger partial charge < -0.3 is 10.0 Å². The highest BCUT2D eigenvalue weighted by atomic mass is 19.3. The van der Waals surface area contributed by atoms with E-state index in [2.05, 4.69) is 0 Å². The smallest absolute Gasteiger partial charge is 0.315 e. The quantitative estimate of drug-likeness (QED) is 0.812. The van der Waals surface area contributed by atoms with Crippen molar-refractivity contribution in [3.05, 3.63) is 0 Å². The molecule has 1 aliphatic heterocycles. The van der Waals surface area contributed by atoms with Crippen LogP contribution in [-0.2, 0) is 4.79 Å². The van der Waals surface area contributed by atoms with Gasteiger partial charge in [0.1, 0.15) is 0 Å². The van der Waals surface area contributed by atoms with Crippen molar-refractivity contribution in [3.63, 3.8) is 0 Å². The van der Waals surface area contributed by atoms with E-state index in [1.165, 1.54) is 0 Å². The molecule has 0 aromatic carbocycles. The van der Waals surface area contributed by atoms with E-state index in [9.17, 15) is 13.6 Å². The number of hydrogen-bond donors (Lipinski definition) is 1. The summed E-state index contributed by atoms with van der Waals surface area (Å²) in [6, 6.07) is -0.449. The summed E-state index contributed by atoms with van der Waals surface area (Å²) < 4.78 is 24.9. The van der Waals surface area contributed by atoms with Gasteiger partial charge in [0.25, 0.3) is 5.91 Å². The van der Waals surface area contributed by atoms with E-state index in [1.807, 2.05) is 20.8 Å². The van der Waals surface area contributed by atoms with Crippen LogP contribution in [0.3, 0.4) is 0 Å². The lowest BCUT2D eigenvalue weighted by molar-refractivity contribution is -0.150. The van der Waals surface area contributed by atoms with Gasteiger partial charge in [0, 0.05) is 6.54 Å². The highest BCUT2D eigenvalue weighted by Gasteiger charge is 2.38. The summed E-state index contributed by atoms with van der Waals surface area (Å²) in [4.78, 5) is 12.6.